The smallest absolute Gasteiger partial charge is 0.224 e. The van der Waals surface area contributed by atoms with Gasteiger partial charge in [0.05, 0.1) is 32.6 Å². The largest absolute Gasteiger partial charge is 0.356 e. The third-order valence-electron chi connectivity index (χ3n) is 3.81. The first kappa shape index (κ1) is 15.4. The standard InChI is InChI=1S/C15H18N2O3S2/c18-15(11-7-9-22(19,20)10-11)16-8-3-6-14-17-12-4-1-2-5-13(12)21-14/h1-2,4-5,11H,3,6-10H2,(H,16,18). The third-order valence-corrected chi connectivity index (χ3v) is 6.67. The molecule has 22 heavy (non-hydrogen) atoms. The Labute approximate surface area is 133 Å². The van der Waals surface area contributed by atoms with E-state index in [0.29, 0.717) is 13.0 Å². The van der Waals surface area contributed by atoms with Crippen molar-refractivity contribution in [2.45, 2.75) is 19.3 Å². The van der Waals surface area contributed by atoms with Crippen molar-refractivity contribution in [2.75, 3.05) is 18.1 Å². The summed E-state index contributed by atoms with van der Waals surface area (Å²) in [6.45, 7) is 0.561. The number of rotatable bonds is 5. The predicted molar refractivity (Wildman–Crippen MR) is 87.7 cm³/mol. The Morgan fingerprint density at radius 2 is 2.18 bits per heavy atom. The third kappa shape index (κ3) is 3.64. The number of nitrogens with zero attached hydrogens (tertiary/aromatic N) is 1. The zero-order valence-electron chi connectivity index (χ0n) is 12.1. The molecule has 0 radical (unpaired) electrons. The van der Waals surface area contributed by atoms with Gasteiger partial charge in [0.2, 0.25) is 5.91 Å². The highest BCUT2D eigenvalue weighted by Crippen LogP contribution is 2.22. The number of amides is 1. The molecule has 1 aromatic carbocycles. The zero-order chi connectivity index (χ0) is 15.6. The molecule has 2 aromatic rings. The fourth-order valence-corrected chi connectivity index (χ4v) is 5.37. The van der Waals surface area contributed by atoms with E-state index in [1.54, 1.807) is 11.3 Å². The fourth-order valence-electron chi connectivity index (χ4n) is 2.62. The average Bonchev–Trinajstić information content (AvgIpc) is 3.05. The van der Waals surface area contributed by atoms with Gasteiger partial charge in [-0.2, -0.15) is 0 Å². The van der Waals surface area contributed by atoms with Crippen LogP contribution in [-0.4, -0.2) is 37.4 Å². The van der Waals surface area contributed by atoms with Crippen molar-refractivity contribution in [3.05, 3.63) is 29.3 Å². The number of aryl methyl sites for hydroxylation is 1. The first-order valence-electron chi connectivity index (χ1n) is 7.36. The molecule has 0 spiro atoms. The molecule has 0 saturated carbocycles. The van der Waals surface area contributed by atoms with Gasteiger partial charge in [-0.25, -0.2) is 13.4 Å². The molecule has 1 amide bonds. The topological polar surface area (TPSA) is 76.1 Å². The quantitative estimate of drug-likeness (QED) is 0.843. The Kier molecular flexibility index (Phi) is 4.44. The SMILES string of the molecule is O=C(NCCCc1nc2ccccc2s1)C1CCS(=O)(=O)C1. The van der Waals surface area contributed by atoms with Crippen LogP contribution in [0.3, 0.4) is 0 Å². The van der Waals surface area contributed by atoms with Gasteiger partial charge in [0.15, 0.2) is 9.84 Å². The van der Waals surface area contributed by atoms with Crippen molar-refractivity contribution in [2.24, 2.45) is 5.92 Å². The van der Waals surface area contributed by atoms with E-state index in [9.17, 15) is 13.2 Å². The van der Waals surface area contributed by atoms with Gasteiger partial charge >= 0.3 is 0 Å². The van der Waals surface area contributed by atoms with Crippen molar-refractivity contribution in [3.8, 4) is 0 Å². The normalized spacial score (nSPS) is 20.3. The van der Waals surface area contributed by atoms with Gasteiger partial charge in [-0.3, -0.25) is 4.79 Å². The molecule has 0 aliphatic carbocycles. The number of thiazole rings is 1. The Hall–Kier alpha value is -1.47. The van der Waals surface area contributed by atoms with Crippen LogP contribution in [0.5, 0.6) is 0 Å². The van der Waals surface area contributed by atoms with Crippen LogP contribution in [0.25, 0.3) is 10.2 Å². The van der Waals surface area contributed by atoms with Crippen molar-refractivity contribution < 1.29 is 13.2 Å². The van der Waals surface area contributed by atoms with E-state index in [4.69, 9.17) is 0 Å². The lowest BCUT2D eigenvalue weighted by molar-refractivity contribution is -0.124. The molecule has 3 rings (SSSR count). The molecule has 118 valence electrons. The van der Waals surface area contributed by atoms with Gasteiger partial charge in [0.25, 0.3) is 0 Å². The summed E-state index contributed by atoms with van der Waals surface area (Å²) in [6, 6.07) is 8.03. The van der Waals surface area contributed by atoms with Crippen LogP contribution in [0, 0.1) is 5.92 Å². The molecule has 1 atom stereocenters. The van der Waals surface area contributed by atoms with Gasteiger partial charge in [0, 0.05) is 13.0 Å². The maximum Gasteiger partial charge on any atom is 0.224 e. The number of carbonyl (C=O) groups excluding carboxylic acids is 1. The van der Waals surface area contributed by atoms with Crippen LogP contribution in [0.4, 0.5) is 0 Å². The lowest BCUT2D eigenvalue weighted by atomic mass is 10.1. The maximum atomic E-state index is 11.9. The molecule has 1 fully saturated rings. The molecule has 1 unspecified atom stereocenters. The number of sulfone groups is 1. The summed E-state index contributed by atoms with van der Waals surface area (Å²) in [4.78, 5) is 16.4. The molecular weight excluding hydrogens is 320 g/mol. The molecule has 1 aliphatic rings. The number of nitrogens with one attached hydrogen (secondary N) is 1. The summed E-state index contributed by atoms with van der Waals surface area (Å²) in [6.07, 6.45) is 2.08. The minimum absolute atomic E-state index is 0.00327. The van der Waals surface area contributed by atoms with Crippen LogP contribution in [0.2, 0.25) is 0 Å². The van der Waals surface area contributed by atoms with E-state index < -0.39 is 9.84 Å². The van der Waals surface area contributed by atoms with Gasteiger partial charge < -0.3 is 5.32 Å². The van der Waals surface area contributed by atoms with E-state index in [2.05, 4.69) is 16.4 Å². The first-order chi connectivity index (χ1) is 10.5. The van der Waals surface area contributed by atoms with Crippen molar-refractivity contribution >= 4 is 37.3 Å². The van der Waals surface area contributed by atoms with Crippen LogP contribution in [0.15, 0.2) is 24.3 Å². The number of benzene rings is 1. The summed E-state index contributed by atoms with van der Waals surface area (Å²) < 4.78 is 23.9. The van der Waals surface area contributed by atoms with E-state index in [0.717, 1.165) is 23.4 Å². The molecule has 1 aliphatic heterocycles. The second-order valence-corrected chi connectivity index (χ2v) is 8.91. The Bertz CT molecular complexity index is 750. The maximum absolute atomic E-state index is 11.9. The minimum Gasteiger partial charge on any atom is -0.356 e. The highest BCUT2D eigenvalue weighted by atomic mass is 32.2. The number of hydrogen-bond donors (Lipinski definition) is 1. The summed E-state index contributed by atoms with van der Waals surface area (Å²) in [5.41, 5.74) is 1.02. The highest BCUT2D eigenvalue weighted by molar-refractivity contribution is 7.91. The first-order valence-corrected chi connectivity index (χ1v) is 10.00. The minimum atomic E-state index is -3.00. The zero-order valence-corrected chi connectivity index (χ0v) is 13.8. The molecule has 0 bridgehead atoms. The molecule has 5 nitrogen and oxygen atoms in total. The molecule has 2 heterocycles. The molecular formula is C15H18N2O3S2. The van der Waals surface area contributed by atoms with Crippen LogP contribution in [0.1, 0.15) is 17.8 Å². The van der Waals surface area contributed by atoms with E-state index in [-0.39, 0.29) is 23.3 Å². The number of carbonyl (C=O) groups is 1. The van der Waals surface area contributed by atoms with Crippen molar-refractivity contribution in [1.29, 1.82) is 0 Å². The van der Waals surface area contributed by atoms with Gasteiger partial charge in [0.1, 0.15) is 0 Å². The monoisotopic (exact) mass is 338 g/mol. The molecule has 7 heteroatoms. The van der Waals surface area contributed by atoms with E-state index in [1.807, 2.05) is 18.2 Å². The fraction of sp³-hybridized carbons (Fsp3) is 0.467. The van der Waals surface area contributed by atoms with Gasteiger partial charge in [-0.15, -0.1) is 11.3 Å². The van der Waals surface area contributed by atoms with Crippen LogP contribution in [-0.2, 0) is 21.1 Å². The number of fused-ring (bicyclic) bond motifs is 1. The Morgan fingerprint density at radius 3 is 2.91 bits per heavy atom. The molecule has 1 N–H and O–H groups in total. The number of aromatic nitrogens is 1. The number of para-hydroxylation sites is 1. The predicted octanol–water partition coefficient (Wildman–Crippen LogP) is 1.78. The van der Waals surface area contributed by atoms with Crippen LogP contribution >= 0.6 is 11.3 Å². The summed E-state index contributed by atoms with van der Waals surface area (Å²) >= 11 is 1.68. The Balaban J connectivity index is 1.44. The van der Waals surface area contributed by atoms with Crippen molar-refractivity contribution in [3.63, 3.8) is 0 Å². The van der Waals surface area contributed by atoms with Gasteiger partial charge in [-0.1, -0.05) is 12.1 Å². The highest BCUT2D eigenvalue weighted by Gasteiger charge is 2.32. The van der Waals surface area contributed by atoms with Crippen LogP contribution < -0.4 is 5.32 Å². The second-order valence-electron chi connectivity index (χ2n) is 5.57. The summed E-state index contributed by atoms with van der Waals surface area (Å²) in [7, 11) is -3.00. The molecule has 1 saturated heterocycles. The van der Waals surface area contributed by atoms with E-state index in [1.165, 1.54) is 4.70 Å². The average molecular weight is 338 g/mol. The molecule has 1 aromatic heterocycles. The van der Waals surface area contributed by atoms with Crippen molar-refractivity contribution in [1.82, 2.24) is 10.3 Å². The van der Waals surface area contributed by atoms with E-state index >= 15 is 0 Å². The lowest BCUT2D eigenvalue weighted by Gasteiger charge is -2.08. The second kappa shape index (κ2) is 6.34. The lowest BCUT2D eigenvalue weighted by Crippen LogP contribution is -2.32. The Morgan fingerprint density at radius 1 is 1.36 bits per heavy atom. The number of hydrogen-bond acceptors (Lipinski definition) is 5. The summed E-state index contributed by atoms with van der Waals surface area (Å²) in [5.74, 6) is -0.370. The summed E-state index contributed by atoms with van der Waals surface area (Å²) in [5, 5.41) is 3.91. The van der Waals surface area contributed by atoms with Gasteiger partial charge in [-0.05, 0) is 25.0 Å².